The van der Waals surface area contributed by atoms with Crippen LogP contribution in [0.2, 0.25) is 0 Å². The molecular weight excluding hydrogens is 408 g/mol. The predicted molar refractivity (Wildman–Crippen MR) is 138 cm³/mol. The Morgan fingerprint density at radius 2 is 1.15 bits per heavy atom. The summed E-state index contributed by atoms with van der Waals surface area (Å²) in [6, 6.07) is 17.3. The normalized spacial score (nSPS) is 10.8. The smallest absolute Gasteiger partial charge is 0.341 e. The lowest BCUT2D eigenvalue weighted by Gasteiger charge is -2.11. The average molecular weight is 453 g/mol. The number of hydrogen-bond acceptors (Lipinski definition) is 3. The molecule has 3 nitrogen and oxygen atoms in total. The number of unbranched alkanes of at least 4 members (excludes halogenated alkanes) is 13. The topological polar surface area (TPSA) is 35.5 Å². The highest BCUT2D eigenvalue weighted by Crippen LogP contribution is 2.21. The summed E-state index contributed by atoms with van der Waals surface area (Å²) in [6.07, 6.45) is 18.5. The second-order valence-electron chi connectivity index (χ2n) is 9.00. The summed E-state index contributed by atoms with van der Waals surface area (Å²) < 4.78 is 11.4. The van der Waals surface area contributed by atoms with Gasteiger partial charge in [-0.3, -0.25) is 0 Å². The van der Waals surface area contributed by atoms with Crippen molar-refractivity contribution in [2.45, 2.75) is 103 Å². The second-order valence-corrected chi connectivity index (χ2v) is 9.00. The third-order valence-corrected chi connectivity index (χ3v) is 6.08. The molecule has 0 bridgehead atoms. The van der Waals surface area contributed by atoms with Gasteiger partial charge < -0.3 is 9.47 Å². The summed E-state index contributed by atoms with van der Waals surface area (Å²) in [6.45, 7) is 3.18. The zero-order chi connectivity index (χ0) is 23.4. The van der Waals surface area contributed by atoms with Gasteiger partial charge in [0.15, 0.2) is 0 Å². The largest absolute Gasteiger partial charge is 0.488 e. The van der Waals surface area contributed by atoms with E-state index in [1.54, 1.807) is 6.07 Å². The zero-order valence-corrected chi connectivity index (χ0v) is 20.7. The predicted octanol–water partition coefficient (Wildman–Crippen LogP) is 8.90. The Bertz CT molecular complexity index is 741. The Morgan fingerprint density at radius 1 is 0.636 bits per heavy atom. The lowest BCUT2D eigenvalue weighted by molar-refractivity contribution is 0.0492. The third kappa shape index (κ3) is 12.5. The Balaban J connectivity index is 1.49. The van der Waals surface area contributed by atoms with Crippen molar-refractivity contribution < 1.29 is 14.3 Å². The molecule has 0 saturated carbocycles. The van der Waals surface area contributed by atoms with E-state index in [2.05, 4.69) is 6.92 Å². The third-order valence-electron chi connectivity index (χ3n) is 6.08. The van der Waals surface area contributed by atoms with Gasteiger partial charge >= 0.3 is 5.97 Å². The number of carbonyl (C=O) groups excluding carboxylic acids is 1. The molecule has 0 heterocycles. The van der Waals surface area contributed by atoms with Crippen LogP contribution in [0.15, 0.2) is 54.6 Å². The molecule has 2 aromatic carbocycles. The van der Waals surface area contributed by atoms with Gasteiger partial charge in [-0.1, -0.05) is 133 Å². The van der Waals surface area contributed by atoms with E-state index in [0.717, 1.165) is 18.4 Å². The van der Waals surface area contributed by atoms with E-state index in [0.29, 0.717) is 24.5 Å². The number of rotatable bonds is 19. The summed E-state index contributed by atoms with van der Waals surface area (Å²) in [5.74, 6) is 0.278. The maximum atomic E-state index is 12.5. The lowest BCUT2D eigenvalue weighted by Crippen LogP contribution is -2.09. The fourth-order valence-electron chi connectivity index (χ4n) is 4.04. The Labute approximate surface area is 201 Å². The van der Waals surface area contributed by atoms with Crippen molar-refractivity contribution in [2.24, 2.45) is 0 Å². The van der Waals surface area contributed by atoms with E-state index in [4.69, 9.17) is 9.47 Å². The maximum absolute atomic E-state index is 12.5. The van der Waals surface area contributed by atoms with Crippen molar-refractivity contribution in [3.05, 3.63) is 65.7 Å². The molecule has 0 aromatic heterocycles. The molecule has 0 N–H and O–H groups in total. The number of benzene rings is 2. The van der Waals surface area contributed by atoms with Crippen LogP contribution in [0.25, 0.3) is 0 Å². The van der Waals surface area contributed by atoms with Crippen LogP contribution in [-0.4, -0.2) is 12.6 Å². The molecule has 0 atom stereocenters. The van der Waals surface area contributed by atoms with E-state index >= 15 is 0 Å². The molecule has 0 spiro atoms. The number of para-hydroxylation sites is 1. The second kappa shape index (κ2) is 18.2. The minimum atomic E-state index is -0.298. The van der Waals surface area contributed by atoms with E-state index in [-0.39, 0.29) is 5.97 Å². The van der Waals surface area contributed by atoms with Crippen molar-refractivity contribution in [2.75, 3.05) is 6.61 Å². The molecule has 182 valence electrons. The lowest BCUT2D eigenvalue weighted by atomic mass is 10.0. The van der Waals surface area contributed by atoms with Gasteiger partial charge in [0.2, 0.25) is 0 Å². The van der Waals surface area contributed by atoms with Crippen molar-refractivity contribution in [3.8, 4) is 5.75 Å². The first-order valence-electron chi connectivity index (χ1n) is 13.2. The van der Waals surface area contributed by atoms with Crippen molar-refractivity contribution in [1.82, 2.24) is 0 Å². The van der Waals surface area contributed by atoms with Gasteiger partial charge in [-0.25, -0.2) is 4.79 Å². The molecule has 0 aliphatic rings. The monoisotopic (exact) mass is 452 g/mol. The minimum Gasteiger partial charge on any atom is -0.488 e. The summed E-state index contributed by atoms with van der Waals surface area (Å²) in [5, 5.41) is 0. The molecule has 33 heavy (non-hydrogen) atoms. The Kier molecular flexibility index (Phi) is 14.8. The molecule has 0 saturated heterocycles. The Morgan fingerprint density at radius 3 is 1.76 bits per heavy atom. The fraction of sp³-hybridized carbons (Fsp3) is 0.567. The van der Waals surface area contributed by atoms with Crippen LogP contribution in [0.3, 0.4) is 0 Å². The van der Waals surface area contributed by atoms with Gasteiger partial charge in [0.1, 0.15) is 17.9 Å². The standard InChI is InChI=1S/C30H44O3/c1-2-3-4-5-6-7-8-9-10-11-12-13-14-20-25-32-30(31)28-23-18-19-24-29(28)33-26-27-21-16-15-17-22-27/h15-19,21-24H,2-14,20,25-26H2,1H3. The van der Waals surface area contributed by atoms with Crippen molar-refractivity contribution in [1.29, 1.82) is 0 Å². The molecule has 2 aromatic rings. The quantitative estimate of drug-likeness (QED) is 0.158. The van der Waals surface area contributed by atoms with Crippen LogP contribution in [0, 0.1) is 0 Å². The van der Waals surface area contributed by atoms with Gasteiger partial charge in [0, 0.05) is 0 Å². The summed E-state index contributed by atoms with van der Waals surface area (Å²) in [4.78, 5) is 12.5. The van der Waals surface area contributed by atoms with Gasteiger partial charge in [0.25, 0.3) is 0 Å². The van der Waals surface area contributed by atoms with Crippen molar-refractivity contribution in [3.63, 3.8) is 0 Å². The summed E-state index contributed by atoms with van der Waals surface area (Å²) in [5.41, 5.74) is 1.57. The van der Waals surface area contributed by atoms with Gasteiger partial charge in [-0.2, -0.15) is 0 Å². The summed E-state index contributed by atoms with van der Waals surface area (Å²) in [7, 11) is 0. The van der Waals surface area contributed by atoms with Crippen LogP contribution >= 0.6 is 0 Å². The SMILES string of the molecule is CCCCCCCCCCCCCCCCOC(=O)c1ccccc1OCc1ccccc1. The minimum absolute atomic E-state index is 0.298. The number of hydrogen-bond donors (Lipinski definition) is 0. The molecule has 0 amide bonds. The van der Waals surface area contributed by atoms with Gasteiger partial charge in [-0.15, -0.1) is 0 Å². The number of ether oxygens (including phenoxy) is 2. The molecule has 0 aliphatic carbocycles. The fourth-order valence-corrected chi connectivity index (χ4v) is 4.04. The molecule has 2 rings (SSSR count). The maximum Gasteiger partial charge on any atom is 0.341 e. The first-order chi connectivity index (χ1) is 16.3. The van der Waals surface area contributed by atoms with E-state index in [1.165, 1.54) is 77.0 Å². The van der Waals surface area contributed by atoms with E-state index in [1.807, 2.05) is 48.5 Å². The summed E-state index contributed by atoms with van der Waals surface area (Å²) >= 11 is 0. The van der Waals surface area contributed by atoms with Crippen LogP contribution < -0.4 is 4.74 Å². The van der Waals surface area contributed by atoms with Crippen LogP contribution in [0.5, 0.6) is 5.75 Å². The zero-order valence-electron chi connectivity index (χ0n) is 20.7. The highest BCUT2D eigenvalue weighted by atomic mass is 16.5. The first kappa shape index (κ1) is 27.0. The molecule has 3 heteroatoms. The first-order valence-corrected chi connectivity index (χ1v) is 13.2. The van der Waals surface area contributed by atoms with Gasteiger partial charge in [-0.05, 0) is 24.1 Å². The average Bonchev–Trinajstić information content (AvgIpc) is 2.86. The molecular formula is C30H44O3. The van der Waals surface area contributed by atoms with Crippen molar-refractivity contribution >= 4 is 5.97 Å². The Hall–Kier alpha value is -2.29. The highest BCUT2D eigenvalue weighted by molar-refractivity contribution is 5.92. The molecule has 0 aliphatic heterocycles. The van der Waals surface area contributed by atoms with Gasteiger partial charge in [0.05, 0.1) is 6.61 Å². The van der Waals surface area contributed by atoms with E-state index < -0.39 is 0 Å². The number of esters is 1. The van der Waals surface area contributed by atoms with Crippen LogP contribution in [0.4, 0.5) is 0 Å². The van der Waals surface area contributed by atoms with Crippen LogP contribution in [-0.2, 0) is 11.3 Å². The molecule has 0 radical (unpaired) electrons. The number of carbonyl (C=O) groups is 1. The molecule has 0 unspecified atom stereocenters. The van der Waals surface area contributed by atoms with E-state index in [9.17, 15) is 4.79 Å². The molecule has 0 fully saturated rings. The van der Waals surface area contributed by atoms with Crippen LogP contribution in [0.1, 0.15) is 113 Å². The highest BCUT2D eigenvalue weighted by Gasteiger charge is 2.13.